The van der Waals surface area contributed by atoms with Crippen LogP contribution in [-0.4, -0.2) is 40.5 Å². The Morgan fingerprint density at radius 3 is 2.83 bits per heavy atom. The number of nitrogens with one attached hydrogen (secondary N) is 1. The molecule has 0 spiro atoms. The zero-order chi connectivity index (χ0) is 13.5. The number of aryl methyl sites for hydroxylation is 1. The molecular formula is C12H21N3O2S. The summed E-state index contributed by atoms with van der Waals surface area (Å²) in [6.45, 7) is 4.03. The number of aromatic nitrogens is 2. The van der Waals surface area contributed by atoms with Crippen molar-refractivity contribution >= 4 is 17.7 Å². The third kappa shape index (κ3) is 4.70. The number of thioether (sulfide) groups is 1. The zero-order valence-electron chi connectivity index (χ0n) is 11.3. The van der Waals surface area contributed by atoms with Gasteiger partial charge in [0.15, 0.2) is 5.16 Å². The lowest BCUT2D eigenvalue weighted by molar-refractivity contribution is -0.143. The van der Waals surface area contributed by atoms with Crippen LogP contribution in [0.1, 0.15) is 20.3 Å². The van der Waals surface area contributed by atoms with Crippen molar-refractivity contribution in [1.29, 1.82) is 0 Å². The molecule has 1 aromatic rings. The molecule has 5 nitrogen and oxygen atoms in total. The van der Waals surface area contributed by atoms with Crippen LogP contribution in [0.5, 0.6) is 0 Å². The number of carbonyl (C=O) groups excluding carboxylic acids is 1. The number of esters is 1. The van der Waals surface area contributed by atoms with Crippen molar-refractivity contribution in [3.8, 4) is 0 Å². The van der Waals surface area contributed by atoms with Gasteiger partial charge in [0.1, 0.15) is 6.04 Å². The molecule has 0 aliphatic carbocycles. The lowest BCUT2D eigenvalue weighted by atomic mass is 10.2. The minimum Gasteiger partial charge on any atom is -0.468 e. The van der Waals surface area contributed by atoms with Gasteiger partial charge in [-0.2, -0.15) is 0 Å². The molecule has 0 fully saturated rings. The predicted octanol–water partition coefficient (Wildman–Crippen LogP) is 1.44. The molecule has 1 rings (SSSR count). The van der Waals surface area contributed by atoms with E-state index in [1.54, 1.807) is 18.0 Å². The van der Waals surface area contributed by atoms with E-state index in [0.717, 1.165) is 17.3 Å². The molecule has 1 N–H and O–H groups in total. The molecule has 0 saturated heterocycles. The molecule has 0 amide bonds. The third-order valence-corrected chi connectivity index (χ3v) is 3.53. The van der Waals surface area contributed by atoms with Crippen molar-refractivity contribution in [2.75, 3.05) is 12.9 Å². The molecule has 18 heavy (non-hydrogen) atoms. The normalized spacial score (nSPS) is 12.7. The molecule has 6 heteroatoms. The van der Waals surface area contributed by atoms with Gasteiger partial charge < -0.3 is 14.6 Å². The fourth-order valence-electron chi connectivity index (χ4n) is 1.57. The van der Waals surface area contributed by atoms with Crippen molar-refractivity contribution in [1.82, 2.24) is 14.9 Å². The van der Waals surface area contributed by atoms with E-state index in [-0.39, 0.29) is 18.1 Å². The SMILES string of the molecule is COC(=O)C(CCSc1nccn1C)NC(C)C. The van der Waals surface area contributed by atoms with Gasteiger partial charge in [-0.1, -0.05) is 25.6 Å². The summed E-state index contributed by atoms with van der Waals surface area (Å²) in [5, 5.41) is 4.17. The second kappa shape index (κ2) is 7.43. The number of nitrogens with zero attached hydrogens (tertiary/aromatic N) is 2. The van der Waals surface area contributed by atoms with Gasteiger partial charge in [-0.05, 0) is 6.42 Å². The van der Waals surface area contributed by atoms with Crippen molar-refractivity contribution in [2.24, 2.45) is 7.05 Å². The van der Waals surface area contributed by atoms with Gasteiger partial charge in [0.2, 0.25) is 0 Å². The minimum atomic E-state index is -0.247. The molecule has 0 aromatic carbocycles. The van der Waals surface area contributed by atoms with E-state index >= 15 is 0 Å². The highest BCUT2D eigenvalue weighted by atomic mass is 32.2. The zero-order valence-corrected chi connectivity index (χ0v) is 12.2. The van der Waals surface area contributed by atoms with Crippen LogP contribution in [0.2, 0.25) is 0 Å². The molecule has 1 atom stereocenters. The minimum absolute atomic E-state index is 0.204. The molecule has 102 valence electrons. The Morgan fingerprint density at radius 2 is 2.33 bits per heavy atom. The highest BCUT2D eigenvalue weighted by Crippen LogP contribution is 2.16. The van der Waals surface area contributed by atoms with Gasteiger partial charge in [-0.3, -0.25) is 4.79 Å². The molecule has 1 aromatic heterocycles. The Kier molecular flexibility index (Phi) is 6.21. The topological polar surface area (TPSA) is 56.1 Å². The number of imidazole rings is 1. The van der Waals surface area contributed by atoms with Gasteiger partial charge in [0.25, 0.3) is 0 Å². The lowest BCUT2D eigenvalue weighted by Crippen LogP contribution is -2.41. The van der Waals surface area contributed by atoms with Crippen molar-refractivity contribution < 1.29 is 9.53 Å². The number of ether oxygens (including phenoxy) is 1. The van der Waals surface area contributed by atoms with Gasteiger partial charge >= 0.3 is 5.97 Å². The van der Waals surface area contributed by atoms with Crippen LogP contribution in [0.3, 0.4) is 0 Å². The van der Waals surface area contributed by atoms with Crippen molar-refractivity contribution in [2.45, 2.75) is 37.5 Å². The maximum atomic E-state index is 11.6. The first-order valence-electron chi connectivity index (χ1n) is 5.98. The summed E-state index contributed by atoms with van der Waals surface area (Å²) < 4.78 is 6.76. The Hall–Kier alpha value is -1.01. The highest BCUT2D eigenvalue weighted by Gasteiger charge is 2.19. The largest absolute Gasteiger partial charge is 0.468 e. The summed E-state index contributed by atoms with van der Waals surface area (Å²) in [4.78, 5) is 15.8. The van der Waals surface area contributed by atoms with Crippen LogP contribution in [0.15, 0.2) is 17.6 Å². The number of carbonyl (C=O) groups is 1. The first-order chi connectivity index (χ1) is 8.54. The molecule has 0 aliphatic heterocycles. The fraction of sp³-hybridized carbons (Fsp3) is 0.667. The molecule has 1 heterocycles. The fourth-order valence-corrected chi connectivity index (χ4v) is 2.51. The van der Waals surface area contributed by atoms with E-state index < -0.39 is 0 Å². The summed E-state index contributed by atoms with van der Waals surface area (Å²) in [5.41, 5.74) is 0. The molecule has 0 aliphatic rings. The van der Waals surface area contributed by atoms with Crippen LogP contribution in [0.4, 0.5) is 0 Å². The van der Waals surface area contributed by atoms with E-state index in [4.69, 9.17) is 4.74 Å². The third-order valence-electron chi connectivity index (χ3n) is 2.43. The summed E-state index contributed by atoms with van der Waals surface area (Å²) >= 11 is 1.64. The monoisotopic (exact) mass is 271 g/mol. The standard InChI is InChI=1S/C12H21N3O2S/c1-9(2)14-10(11(16)17-4)5-8-18-12-13-6-7-15(12)3/h6-7,9-10,14H,5,8H2,1-4H3. The quantitative estimate of drug-likeness (QED) is 0.601. The molecule has 0 bridgehead atoms. The lowest BCUT2D eigenvalue weighted by Gasteiger charge is -2.18. The Morgan fingerprint density at radius 1 is 1.61 bits per heavy atom. The van der Waals surface area contributed by atoms with Crippen molar-refractivity contribution in [3.05, 3.63) is 12.4 Å². The van der Waals surface area contributed by atoms with Crippen LogP contribution in [0, 0.1) is 0 Å². The Bertz CT molecular complexity index is 379. The van der Waals surface area contributed by atoms with E-state index in [0.29, 0.717) is 0 Å². The number of methoxy groups -OCH3 is 1. The second-order valence-electron chi connectivity index (χ2n) is 4.35. The second-order valence-corrected chi connectivity index (χ2v) is 5.42. The summed E-state index contributed by atoms with van der Waals surface area (Å²) in [6.07, 6.45) is 4.40. The van der Waals surface area contributed by atoms with Crippen molar-refractivity contribution in [3.63, 3.8) is 0 Å². The number of rotatable bonds is 7. The van der Waals surface area contributed by atoms with Gasteiger partial charge in [0.05, 0.1) is 7.11 Å². The average Bonchev–Trinajstić information content (AvgIpc) is 2.72. The highest BCUT2D eigenvalue weighted by molar-refractivity contribution is 7.99. The smallest absolute Gasteiger partial charge is 0.322 e. The molecule has 0 radical (unpaired) electrons. The van der Waals surface area contributed by atoms with Gasteiger partial charge in [0, 0.05) is 31.2 Å². The van der Waals surface area contributed by atoms with Crippen LogP contribution < -0.4 is 5.32 Å². The summed E-state index contributed by atoms with van der Waals surface area (Å²) in [7, 11) is 3.38. The van der Waals surface area contributed by atoms with E-state index in [9.17, 15) is 4.79 Å². The molecule has 0 saturated carbocycles. The van der Waals surface area contributed by atoms with E-state index in [2.05, 4.69) is 10.3 Å². The first kappa shape index (κ1) is 15.0. The van der Waals surface area contributed by atoms with Crippen LogP contribution in [0.25, 0.3) is 0 Å². The Balaban J connectivity index is 2.42. The van der Waals surface area contributed by atoms with Gasteiger partial charge in [-0.15, -0.1) is 0 Å². The van der Waals surface area contributed by atoms with Crippen LogP contribution in [-0.2, 0) is 16.6 Å². The van der Waals surface area contributed by atoms with Gasteiger partial charge in [-0.25, -0.2) is 4.98 Å². The molecule has 1 unspecified atom stereocenters. The van der Waals surface area contributed by atoms with E-state index in [1.165, 1.54) is 7.11 Å². The molecular weight excluding hydrogens is 250 g/mol. The average molecular weight is 271 g/mol. The first-order valence-corrected chi connectivity index (χ1v) is 6.97. The summed E-state index contributed by atoms with van der Waals surface area (Å²) in [6, 6.07) is 0.00929. The van der Waals surface area contributed by atoms with E-state index in [1.807, 2.05) is 31.7 Å². The number of hydrogen-bond donors (Lipinski definition) is 1. The van der Waals surface area contributed by atoms with Crippen LogP contribution >= 0.6 is 11.8 Å². The summed E-state index contributed by atoms with van der Waals surface area (Å²) in [5.74, 6) is 0.619. The number of hydrogen-bond acceptors (Lipinski definition) is 5. The maximum absolute atomic E-state index is 11.6. The maximum Gasteiger partial charge on any atom is 0.322 e. The Labute approximate surface area is 112 Å². The predicted molar refractivity (Wildman–Crippen MR) is 72.6 cm³/mol.